The highest BCUT2D eigenvalue weighted by Crippen LogP contribution is 2.38. The number of hydrogen-bond donors (Lipinski definition) is 1. The third-order valence-corrected chi connectivity index (χ3v) is 4.29. The largest absolute Gasteiger partial charge is 0.493 e. The van der Waals surface area contributed by atoms with Gasteiger partial charge in [-0.1, -0.05) is 30.3 Å². The molecule has 0 bridgehead atoms. The average molecular weight is 393 g/mol. The molecule has 0 atom stereocenters. The van der Waals surface area contributed by atoms with E-state index in [1.165, 1.54) is 21.3 Å². The highest BCUT2D eigenvalue weighted by atomic mass is 16.5. The van der Waals surface area contributed by atoms with Gasteiger partial charge in [-0.25, -0.2) is 0 Å². The normalized spacial score (nSPS) is 10.2. The Labute approximate surface area is 170 Å². The van der Waals surface area contributed by atoms with Crippen LogP contribution in [0.2, 0.25) is 0 Å². The zero-order valence-corrected chi connectivity index (χ0v) is 16.6. The van der Waals surface area contributed by atoms with Crippen molar-refractivity contribution in [2.45, 2.75) is 6.61 Å². The minimum absolute atomic E-state index is 0.290. The SMILES string of the molecule is COc1cc(C(=O)Nc2ccc(OCc3ccccc3)cc2)cc(OC)c1OC. The van der Waals surface area contributed by atoms with E-state index in [2.05, 4.69) is 5.32 Å². The lowest BCUT2D eigenvalue weighted by Gasteiger charge is -2.14. The van der Waals surface area contributed by atoms with Crippen LogP contribution in [-0.4, -0.2) is 27.2 Å². The second-order valence-corrected chi connectivity index (χ2v) is 6.17. The first kappa shape index (κ1) is 20.1. The first-order valence-electron chi connectivity index (χ1n) is 9.02. The molecular formula is C23H23NO5. The Morgan fingerprint density at radius 3 is 2.00 bits per heavy atom. The molecule has 6 heteroatoms. The zero-order chi connectivity index (χ0) is 20.6. The smallest absolute Gasteiger partial charge is 0.255 e. The van der Waals surface area contributed by atoms with Crippen LogP contribution < -0.4 is 24.3 Å². The van der Waals surface area contributed by atoms with Gasteiger partial charge in [0.1, 0.15) is 12.4 Å². The van der Waals surface area contributed by atoms with Crippen molar-refractivity contribution in [3.8, 4) is 23.0 Å². The van der Waals surface area contributed by atoms with Gasteiger partial charge in [-0.05, 0) is 42.0 Å². The van der Waals surface area contributed by atoms with Gasteiger partial charge in [0.15, 0.2) is 11.5 Å². The molecule has 6 nitrogen and oxygen atoms in total. The van der Waals surface area contributed by atoms with Crippen molar-refractivity contribution in [1.82, 2.24) is 0 Å². The van der Waals surface area contributed by atoms with E-state index in [-0.39, 0.29) is 5.91 Å². The number of carbonyl (C=O) groups is 1. The minimum Gasteiger partial charge on any atom is -0.493 e. The molecule has 0 spiro atoms. The van der Waals surface area contributed by atoms with Crippen molar-refractivity contribution >= 4 is 11.6 Å². The Hall–Kier alpha value is -3.67. The van der Waals surface area contributed by atoms with Gasteiger partial charge in [0, 0.05) is 11.3 Å². The number of benzene rings is 3. The van der Waals surface area contributed by atoms with E-state index < -0.39 is 0 Å². The predicted molar refractivity (Wildman–Crippen MR) is 111 cm³/mol. The summed E-state index contributed by atoms with van der Waals surface area (Å²) in [5.74, 6) is 1.71. The van der Waals surface area contributed by atoms with Gasteiger partial charge < -0.3 is 24.3 Å². The van der Waals surface area contributed by atoms with Crippen LogP contribution in [-0.2, 0) is 6.61 Å². The monoisotopic (exact) mass is 393 g/mol. The molecule has 0 saturated carbocycles. The maximum absolute atomic E-state index is 12.7. The van der Waals surface area contributed by atoms with E-state index in [9.17, 15) is 4.79 Å². The van der Waals surface area contributed by atoms with Gasteiger partial charge in [0.2, 0.25) is 5.75 Å². The van der Waals surface area contributed by atoms with Gasteiger partial charge in [-0.15, -0.1) is 0 Å². The summed E-state index contributed by atoms with van der Waals surface area (Å²) in [7, 11) is 4.53. The maximum Gasteiger partial charge on any atom is 0.255 e. The summed E-state index contributed by atoms with van der Waals surface area (Å²) in [4.78, 5) is 12.7. The molecule has 3 aromatic rings. The van der Waals surface area contributed by atoms with Crippen LogP contribution in [0.5, 0.6) is 23.0 Å². The maximum atomic E-state index is 12.7. The van der Waals surface area contributed by atoms with E-state index in [0.29, 0.717) is 35.1 Å². The molecule has 3 rings (SSSR count). The standard InChI is InChI=1S/C23H23NO5/c1-26-20-13-17(14-21(27-2)22(20)28-3)23(25)24-18-9-11-19(12-10-18)29-15-16-7-5-4-6-8-16/h4-14H,15H2,1-3H3,(H,24,25). The summed E-state index contributed by atoms with van der Waals surface area (Å²) in [6.07, 6.45) is 0. The molecule has 0 aliphatic heterocycles. The number of ether oxygens (including phenoxy) is 4. The molecule has 0 aromatic heterocycles. The number of carbonyl (C=O) groups excluding carboxylic acids is 1. The number of methoxy groups -OCH3 is 3. The highest BCUT2D eigenvalue weighted by Gasteiger charge is 2.17. The number of hydrogen-bond acceptors (Lipinski definition) is 5. The van der Waals surface area contributed by atoms with Crippen LogP contribution >= 0.6 is 0 Å². The third-order valence-electron chi connectivity index (χ3n) is 4.29. The molecule has 0 radical (unpaired) electrons. The zero-order valence-electron chi connectivity index (χ0n) is 16.6. The molecule has 0 aliphatic rings. The predicted octanol–water partition coefficient (Wildman–Crippen LogP) is 4.54. The lowest BCUT2D eigenvalue weighted by atomic mass is 10.1. The van der Waals surface area contributed by atoms with E-state index in [1.807, 2.05) is 42.5 Å². The molecule has 3 aromatic carbocycles. The fourth-order valence-electron chi connectivity index (χ4n) is 2.79. The molecule has 1 N–H and O–H groups in total. The second kappa shape index (κ2) is 9.50. The van der Waals surface area contributed by atoms with Crippen LogP contribution in [0.3, 0.4) is 0 Å². The van der Waals surface area contributed by atoms with Crippen LogP contribution in [0.15, 0.2) is 66.7 Å². The van der Waals surface area contributed by atoms with Crippen molar-refractivity contribution in [3.63, 3.8) is 0 Å². The van der Waals surface area contributed by atoms with E-state index in [4.69, 9.17) is 18.9 Å². The van der Waals surface area contributed by atoms with Crippen LogP contribution in [0.4, 0.5) is 5.69 Å². The lowest BCUT2D eigenvalue weighted by molar-refractivity contribution is 0.102. The van der Waals surface area contributed by atoms with Crippen molar-refractivity contribution in [2.75, 3.05) is 26.6 Å². The number of rotatable bonds is 8. The van der Waals surface area contributed by atoms with Gasteiger partial charge >= 0.3 is 0 Å². The van der Waals surface area contributed by atoms with Gasteiger partial charge in [0.25, 0.3) is 5.91 Å². The summed E-state index contributed by atoms with van der Waals surface area (Å²) in [6, 6.07) is 20.3. The van der Waals surface area contributed by atoms with Crippen molar-refractivity contribution in [2.24, 2.45) is 0 Å². The number of amides is 1. The van der Waals surface area contributed by atoms with Crippen LogP contribution in [0.1, 0.15) is 15.9 Å². The molecule has 0 aliphatic carbocycles. The summed E-state index contributed by atoms with van der Waals surface area (Å²) in [6.45, 7) is 0.484. The molecule has 29 heavy (non-hydrogen) atoms. The van der Waals surface area contributed by atoms with E-state index in [0.717, 1.165) is 11.3 Å². The third kappa shape index (κ3) is 4.99. The first-order valence-corrected chi connectivity index (χ1v) is 9.02. The van der Waals surface area contributed by atoms with Crippen LogP contribution in [0.25, 0.3) is 0 Å². The molecule has 0 unspecified atom stereocenters. The lowest BCUT2D eigenvalue weighted by Crippen LogP contribution is -2.12. The summed E-state index contributed by atoms with van der Waals surface area (Å²) in [5, 5.41) is 2.85. The summed E-state index contributed by atoms with van der Waals surface area (Å²) < 4.78 is 21.6. The fraction of sp³-hybridized carbons (Fsp3) is 0.174. The molecule has 0 saturated heterocycles. The summed E-state index contributed by atoms with van der Waals surface area (Å²) >= 11 is 0. The Kier molecular flexibility index (Phi) is 6.58. The second-order valence-electron chi connectivity index (χ2n) is 6.17. The Bertz CT molecular complexity index is 930. The van der Waals surface area contributed by atoms with E-state index in [1.54, 1.807) is 24.3 Å². The van der Waals surface area contributed by atoms with Crippen molar-refractivity contribution in [3.05, 3.63) is 77.9 Å². The van der Waals surface area contributed by atoms with Crippen molar-refractivity contribution in [1.29, 1.82) is 0 Å². The van der Waals surface area contributed by atoms with Gasteiger partial charge in [-0.3, -0.25) is 4.79 Å². The molecule has 150 valence electrons. The highest BCUT2D eigenvalue weighted by molar-refractivity contribution is 6.05. The average Bonchev–Trinajstić information content (AvgIpc) is 2.78. The van der Waals surface area contributed by atoms with E-state index >= 15 is 0 Å². The molecular weight excluding hydrogens is 370 g/mol. The molecule has 0 fully saturated rings. The first-order chi connectivity index (χ1) is 14.1. The number of anilines is 1. The van der Waals surface area contributed by atoms with Crippen molar-refractivity contribution < 1.29 is 23.7 Å². The molecule has 0 heterocycles. The quantitative estimate of drug-likeness (QED) is 0.608. The minimum atomic E-state index is -0.290. The Morgan fingerprint density at radius 2 is 1.45 bits per heavy atom. The Balaban J connectivity index is 1.67. The fourth-order valence-corrected chi connectivity index (χ4v) is 2.79. The molecule has 1 amide bonds. The van der Waals surface area contributed by atoms with Gasteiger partial charge in [0.05, 0.1) is 21.3 Å². The number of nitrogens with one attached hydrogen (secondary N) is 1. The topological polar surface area (TPSA) is 66.0 Å². The summed E-state index contributed by atoms with van der Waals surface area (Å²) in [5.41, 5.74) is 2.13. The van der Waals surface area contributed by atoms with Crippen LogP contribution in [0, 0.1) is 0 Å². The van der Waals surface area contributed by atoms with Gasteiger partial charge in [-0.2, -0.15) is 0 Å². The Morgan fingerprint density at radius 1 is 0.828 bits per heavy atom.